The van der Waals surface area contributed by atoms with Crippen LogP contribution in [0.1, 0.15) is 12.8 Å². The third-order valence-electron chi connectivity index (χ3n) is 1.60. The average Bonchev–Trinajstić information content (AvgIpc) is 1.77. The van der Waals surface area contributed by atoms with Gasteiger partial charge in [-0.05, 0) is 10.9 Å². The van der Waals surface area contributed by atoms with Crippen LogP contribution >= 0.6 is 0 Å². The van der Waals surface area contributed by atoms with E-state index in [0.717, 1.165) is 12.8 Å². The van der Waals surface area contributed by atoms with Gasteiger partial charge in [0.2, 0.25) is 0 Å². The van der Waals surface area contributed by atoms with Gasteiger partial charge in [0.25, 0.3) is 0 Å². The highest BCUT2D eigenvalue weighted by Crippen LogP contribution is 2.11. The molecular formula is C6H13OS+. The quantitative estimate of drug-likeness (QED) is 0.474. The third-order valence-corrected chi connectivity index (χ3v) is 3.46. The zero-order chi connectivity index (χ0) is 5.98. The molecule has 0 amide bonds. The van der Waals surface area contributed by atoms with Crippen LogP contribution in [0, 0.1) is 0 Å². The molecule has 1 aliphatic rings. The largest absolute Gasteiger partial charge is 0.393 e. The molecule has 1 saturated heterocycles. The van der Waals surface area contributed by atoms with Crippen molar-refractivity contribution >= 4 is 10.9 Å². The van der Waals surface area contributed by atoms with E-state index in [2.05, 4.69) is 6.26 Å². The highest BCUT2D eigenvalue weighted by atomic mass is 32.2. The highest BCUT2D eigenvalue weighted by Gasteiger charge is 2.21. The molecule has 8 heavy (non-hydrogen) atoms. The summed E-state index contributed by atoms with van der Waals surface area (Å²) >= 11 is 0. The Hall–Kier alpha value is 0.310. The van der Waals surface area contributed by atoms with Gasteiger partial charge in [-0.3, -0.25) is 0 Å². The van der Waals surface area contributed by atoms with Crippen LogP contribution in [0.2, 0.25) is 0 Å². The van der Waals surface area contributed by atoms with E-state index < -0.39 is 0 Å². The summed E-state index contributed by atoms with van der Waals surface area (Å²) < 4.78 is 0. The van der Waals surface area contributed by atoms with E-state index in [0.29, 0.717) is 10.9 Å². The number of aliphatic hydroxyl groups excluding tert-OH is 1. The molecule has 1 aliphatic heterocycles. The predicted molar refractivity (Wildman–Crippen MR) is 38.3 cm³/mol. The minimum Gasteiger partial charge on any atom is -0.393 e. The van der Waals surface area contributed by atoms with Crippen molar-refractivity contribution < 1.29 is 5.11 Å². The molecule has 0 aromatic carbocycles. The van der Waals surface area contributed by atoms with E-state index >= 15 is 0 Å². The second-order valence-corrected chi connectivity index (χ2v) is 4.80. The summed E-state index contributed by atoms with van der Waals surface area (Å²) in [6.45, 7) is 0. The Bertz CT molecular complexity index is 56.9. The van der Waals surface area contributed by atoms with Crippen LogP contribution in [0.3, 0.4) is 0 Å². The summed E-state index contributed by atoms with van der Waals surface area (Å²) in [6, 6.07) is 0. The zero-order valence-electron chi connectivity index (χ0n) is 5.26. The molecule has 0 saturated carbocycles. The van der Waals surface area contributed by atoms with Gasteiger partial charge in [-0.2, -0.15) is 0 Å². The van der Waals surface area contributed by atoms with Crippen LogP contribution in [0.5, 0.6) is 0 Å². The first-order valence-corrected chi connectivity index (χ1v) is 5.03. The van der Waals surface area contributed by atoms with Gasteiger partial charge in [0, 0.05) is 12.8 Å². The lowest BCUT2D eigenvalue weighted by atomic mass is 10.2. The molecule has 0 atom stereocenters. The molecular weight excluding hydrogens is 120 g/mol. The molecule has 1 fully saturated rings. The molecule has 0 aromatic rings. The Morgan fingerprint density at radius 3 is 2.25 bits per heavy atom. The lowest BCUT2D eigenvalue weighted by Gasteiger charge is -2.14. The first-order chi connectivity index (χ1) is 3.79. The van der Waals surface area contributed by atoms with E-state index in [4.69, 9.17) is 5.11 Å². The molecule has 1 N–H and O–H groups in total. The van der Waals surface area contributed by atoms with Gasteiger partial charge in [-0.15, -0.1) is 0 Å². The monoisotopic (exact) mass is 133 g/mol. The number of hydrogen-bond acceptors (Lipinski definition) is 1. The summed E-state index contributed by atoms with van der Waals surface area (Å²) in [5.41, 5.74) is 0. The molecule has 0 radical (unpaired) electrons. The van der Waals surface area contributed by atoms with Gasteiger partial charge in [0.05, 0.1) is 12.4 Å². The van der Waals surface area contributed by atoms with E-state index in [9.17, 15) is 0 Å². The van der Waals surface area contributed by atoms with Crippen molar-refractivity contribution in [2.24, 2.45) is 0 Å². The van der Waals surface area contributed by atoms with Crippen molar-refractivity contribution in [2.45, 2.75) is 18.9 Å². The van der Waals surface area contributed by atoms with Gasteiger partial charge in [0.15, 0.2) is 0 Å². The Kier molecular flexibility index (Phi) is 2.20. The Labute approximate surface area is 53.4 Å². The van der Waals surface area contributed by atoms with Crippen LogP contribution in [0.25, 0.3) is 0 Å². The topological polar surface area (TPSA) is 20.2 Å². The lowest BCUT2D eigenvalue weighted by Crippen LogP contribution is -2.25. The molecule has 1 heterocycles. The predicted octanol–water partition coefficient (Wildman–Crippen LogP) is 0.389. The molecule has 0 unspecified atom stereocenters. The minimum atomic E-state index is 0.0266. The molecule has 0 spiro atoms. The zero-order valence-corrected chi connectivity index (χ0v) is 6.08. The normalized spacial score (nSPS) is 39.8. The van der Waals surface area contributed by atoms with Crippen LogP contribution in [0.15, 0.2) is 0 Å². The molecule has 2 heteroatoms. The maximum Gasteiger partial charge on any atom is 0.110 e. The summed E-state index contributed by atoms with van der Waals surface area (Å²) in [4.78, 5) is 0. The van der Waals surface area contributed by atoms with E-state index in [-0.39, 0.29) is 6.10 Å². The fourth-order valence-electron chi connectivity index (χ4n) is 0.921. The molecule has 0 aromatic heterocycles. The highest BCUT2D eigenvalue weighted by molar-refractivity contribution is 7.96. The number of rotatable bonds is 0. The van der Waals surface area contributed by atoms with Crippen LogP contribution in [0.4, 0.5) is 0 Å². The first-order valence-electron chi connectivity index (χ1n) is 3.06. The van der Waals surface area contributed by atoms with Crippen molar-refractivity contribution in [3.05, 3.63) is 0 Å². The smallest absolute Gasteiger partial charge is 0.110 e. The molecule has 1 rings (SSSR count). The van der Waals surface area contributed by atoms with E-state index in [1.807, 2.05) is 0 Å². The summed E-state index contributed by atoms with van der Waals surface area (Å²) in [5, 5.41) is 9.03. The minimum absolute atomic E-state index is 0.0266. The van der Waals surface area contributed by atoms with Crippen molar-refractivity contribution in [3.63, 3.8) is 0 Å². The summed E-state index contributed by atoms with van der Waals surface area (Å²) in [7, 11) is 0.629. The van der Waals surface area contributed by atoms with E-state index in [1.54, 1.807) is 0 Å². The Morgan fingerprint density at radius 2 is 1.88 bits per heavy atom. The summed E-state index contributed by atoms with van der Waals surface area (Å²) in [5.74, 6) is 2.50. The molecule has 1 nitrogen and oxygen atoms in total. The van der Waals surface area contributed by atoms with E-state index in [1.165, 1.54) is 11.5 Å². The maximum atomic E-state index is 9.03. The standard InChI is InChI=1S/C6H13OS/c1-8-4-2-6(7)3-5-8/h6-7H,2-5H2,1H3/q+1. The fourth-order valence-corrected chi connectivity index (χ4v) is 2.47. The van der Waals surface area contributed by atoms with Gasteiger partial charge in [0.1, 0.15) is 11.5 Å². The fraction of sp³-hybridized carbons (Fsp3) is 1.00. The number of hydrogen-bond donors (Lipinski definition) is 1. The third kappa shape index (κ3) is 1.67. The van der Waals surface area contributed by atoms with Crippen LogP contribution in [-0.4, -0.2) is 29.0 Å². The first kappa shape index (κ1) is 6.43. The lowest BCUT2D eigenvalue weighted by molar-refractivity contribution is 0.165. The van der Waals surface area contributed by atoms with Crippen molar-refractivity contribution in [1.29, 1.82) is 0 Å². The molecule has 0 aliphatic carbocycles. The van der Waals surface area contributed by atoms with Crippen LogP contribution < -0.4 is 0 Å². The van der Waals surface area contributed by atoms with Crippen LogP contribution in [-0.2, 0) is 10.9 Å². The summed E-state index contributed by atoms with van der Waals surface area (Å²) in [6.07, 6.45) is 4.39. The van der Waals surface area contributed by atoms with Gasteiger partial charge in [-0.1, -0.05) is 0 Å². The van der Waals surface area contributed by atoms with Gasteiger partial charge >= 0.3 is 0 Å². The van der Waals surface area contributed by atoms with Gasteiger partial charge < -0.3 is 5.11 Å². The maximum absolute atomic E-state index is 9.03. The average molecular weight is 133 g/mol. The van der Waals surface area contributed by atoms with Crippen molar-refractivity contribution in [3.8, 4) is 0 Å². The second kappa shape index (κ2) is 2.74. The Balaban J connectivity index is 2.19. The molecule has 48 valence electrons. The second-order valence-electron chi connectivity index (χ2n) is 2.42. The Morgan fingerprint density at radius 1 is 1.38 bits per heavy atom. The van der Waals surface area contributed by atoms with Crippen molar-refractivity contribution in [2.75, 3.05) is 17.8 Å². The number of aliphatic hydroxyl groups is 1. The van der Waals surface area contributed by atoms with Crippen molar-refractivity contribution in [1.82, 2.24) is 0 Å². The molecule has 0 bridgehead atoms. The SMILES string of the molecule is C[S+]1CCC(O)CC1. The van der Waals surface area contributed by atoms with Gasteiger partial charge in [-0.25, -0.2) is 0 Å².